The van der Waals surface area contributed by atoms with E-state index >= 15 is 0 Å². The van der Waals surface area contributed by atoms with Gasteiger partial charge in [0.25, 0.3) is 0 Å². The second kappa shape index (κ2) is 11.3. The molecule has 11 rings (SSSR count). The van der Waals surface area contributed by atoms with Crippen LogP contribution in [0.3, 0.4) is 0 Å². The van der Waals surface area contributed by atoms with Crippen molar-refractivity contribution in [3.63, 3.8) is 0 Å². The molecule has 4 nitrogen and oxygen atoms in total. The molecule has 10 aromatic rings. The maximum Gasteiger partial charge on any atom is 0.164 e. The Morgan fingerprint density at radius 2 is 1.11 bits per heavy atom. The Bertz CT molecular complexity index is 3020. The molecule has 0 bridgehead atoms. The van der Waals surface area contributed by atoms with E-state index in [1.54, 1.807) is 0 Å². The fraction of sp³-hybridized carbons (Fsp3) is 0.0625. The molecular weight excluding hydrogens is 665 g/mol. The highest BCUT2D eigenvalue weighted by Gasteiger charge is 2.37. The van der Waals surface area contributed by atoms with E-state index in [-0.39, 0.29) is 5.41 Å². The van der Waals surface area contributed by atoms with E-state index in [1.807, 2.05) is 47.7 Å². The van der Waals surface area contributed by atoms with Gasteiger partial charge in [-0.25, -0.2) is 15.0 Å². The lowest BCUT2D eigenvalue weighted by Crippen LogP contribution is -2.14. The topological polar surface area (TPSA) is 43.6 Å². The van der Waals surface area contributed by atoms with Gasteiger partial charge in [-0.2, -0.15) is 0 Å². The van der Waals surface area contributed by atoms with Gasteiger partial charge in [0.1, 0.15) is 0 Å². The van der Waals surface area contributed by atoms with Crippen LogP contribution < -0.4 is 0 Å². The summed E-state index contributed by atoms with van der Waals surface area (Å²) in [4.78, 5) is 15.6. The van der Waals surface area contributed by atoms with E-state index < -0.39 is 0 Å². The molecule has 0 radical (unpaired) electrons. The third-order valence-electron chi connectivity index (χ3n) is 11.0. The Balaban J connectivity index is 1.27. The van der Waals surface area contributed by atoms with Crippen molar-refractivity contribution in [1.29, 1.82) is 0 Å². The van der Waals surface area contributed by atoms with Crippen LogP contribution in [0.1, 0.15) is 25.0 Å². The van der Waals surface area contributed by atoms with Gasteiger partial charge in [0.2, 0.25) is 0 Å². The summed E-state index contributed by atoms with van der Waals surface area (Å²) in [7, 11) is 0. The highest BCUT2D eigenvalue weighted by atomic mass is 32.1. The standard InChI is InChI=1S/C48H32N4S/c1-48(2)37-22-12-9-20-34(37)43-38(48)26-25-33-32-19-10-13-23-39(32)52(44(33)43)31-27-36(42-35-21-11-14-24-40(35)53-41(42)28-31)47-50-45(29-15-5-3-6-16-29)49-46(51-47)30-17-7-4-8-18-30/h3-28H,1-2H3. The van der Waals surface area contributed by atoms with E-state index in [0.717, 1.165) is 27.8 Å². The van der Waals surface area contributed by atoms with Gasteiger partial charge < -0.3 is 4.57 Å². The van der Waals surface area contributed by atoms with Crippen molar-refractivity contribution >= 4 is 53.3 Å². The average Bonchev–Trinajstić information content (AvgIpc) is 3.83. The number of fused-ring (bicyclic) bond motifs is 10. The molecule has 7 aromatic carbocycles. The van der Waals surface area contributed by atoms with Gasteiger partial charge in [0.05, 0.1) is 11.0 Å². The molecule has 250 valence electrons. The highest BCUT2D eigenvalue weighted by Crippen LogP contribution is 2.53. The SMILES string of the molecule is CC1(C)c2ccccc2-c2c1ccc1c3ccccc3n(-c3cc(-c4nc(-c5ccccc5)nc(-c5ccccc5)n4)c4c(c3)sc3ccccc34)c21. The summed E-state index contributed by atoms with van der Waals surface area (Å²) in [6, 6.07) is 56.3. The summed E-state index contributed by atoms with van der Waals surface area (Å²) >= 11 is 1.82. The maximum atomic E-state index is 5.26. The largest absolute Gasteiger partial charge is 0.309 e. The first-order chi connectivity index (χ1) is 26.0. The fourth-order valence-electron chi connectivity index (χ4n) is 8.58. The van der Waals surface area contributed by atoms with Crippen LogP contribution in [-0.2, 0) is 5.41 Å². The van der Waals surface area contributed by atoms with Gasteiger partial charge in [-0.3, -0.25) is 0 Å². The Kier molecular flexibility index (Phi) is 6.43. The molecule has 0 unspecified atom stereocenters. The number of thiophene rings is 1. The summed E-state index contributed by atoms with van der Waals surface area (Å²) in [5.41, 5.74) is 11.6. The van der Waals surface area contributed by atoms with Crippen molar-refractivity contribution < 1.29 is 0 Å². The molecule has 0 saturated carbocycles. The molecular formula is C48H32N4S. The van der Waals surface area contributed by atoms with Crippen LogP contribution in [0.25, 0.3) is 93.0 Å². The van der Waals surface area contributed by atoms with E-state index in [2.05, 4.69) is 140 Å². The first kappa shape index (κ1) is 30.2. The number of hydrogen-bond donors (Lipinski definition) is 0. The van der Waals surface area contributed by atoms with Crippen molar-refractivity contribution in [2.24, 2.45) is 0 Å². The van der Waals surface area contributed by atoms with Crippen LogP contribution in [0.15, 0.2) is 158 Å². The van der Waals surface area contributed by atoms with Gasteiger partial charge in [-0.05, 0) is 41.0 Å². The van der Waals surface area contributed by atoms with E-state index in [0.29, 0.717) is 17.5 Å². The highest BCUT2D eigenvalue weighted by molar-refractivity contribution is 7.26. The predicted molar refractivity (Wildman–Crippen MR) is 221 cm³/mol. The summed E-state index contributed by atoms with van der Waals surface area (Å²) < 4.78 is 4.92. The molecule has 0 N–H and O–H groups in total. The molecule has 0 spiro atoms. The van der Waals surface area contributed by atoms with E-state index in [1.165, 1.54) is 58.8 Å². The van der Waals surface area contributed by atoms with Crippen LogP contribution in [0.2, 0.25) is 0 Å². The van der Waals surface area contributed by atoms with Gasteiger partial charge in [-0.15, -0.1) is 11.3 Å². The fourth-order valence-corrected chi connectivity index (χ4v) is 9.75. The smallest absolute Gasteiger partial charge is 0.164 e. The Labute approximate surface area is 310 Å². The third kappa shape index (κ3) is 4.44. The molecule has 1 aliphatic carbocycles. The Morgan fingerprint density at radius 1 is 0.491 bits per heavy atom. The van der Waals surface area contributed by atoms with Gasteiger partial charge >= 0.3 is 0 Å². The predicted octanol–water partition coefficient (Wildman–Crippen LogP) is 12.6. The quantitative estimate of drug-likeness (QED) is 0.184. The van der Waals surface area contributed by atoms with E-state index in [9.17, 15) is 0 Å². The zero-order valence-corrected chi connectivity index (χ0v) is 30.0. The van der Waals surface area contributed by atoms with Crippen molar-refractivity contribution in [2.45, 2.75) is 19.3 Å². The molecule has 0 fully saturated rings. The second-order valence-corrected chi connectivity index (χ2v) is 15.5. The number of rotatable bonds is 4. The van der Waals surface area contributed by atoms with Crippen LogP contribution >= 0.6 is 11.3 Å². The minimum absolute atomic E-state index is 0.117. The average molecular weight is 697 g/mol. The molecule has 3 heterocycles. The zero-order valence-electron chi connectivity index (χ0n) is 29.2. The Morgan fingerprint density at radius 3 is 1.87 bits per heavy atom. The van der Waals surface area contributed by atoms with E-state index in [4.69, 9.17) is 15.0 Å². The van der Waals surface area contributed by atoms with Crippen molar-refractivity contribution in [3.05, 3.63) is 169 Å². The maximum absolute atomic E-state index is 5.26. The van der Waals surface area contributed by atoms with Crippen LogP contribution in [0.4, 0.5) is 0 Å². The number of para-hydroxylation sites is 1. The molecule has 53 heavy (non-hydrogen) atoms. The minimum Gasteiger partial charge on any atom is -0.309 e. The molecule has 3 aromatic heterocycles. The lowest BCUT2D eigenvalue weighted by molar-refractivity contribution is 0.661. The minimum atomic E-state index is -0.117. The number of benzene rings is 7. The molecule has 0 amide bonds. The number of hydrogen-bond acceptors (Lipinski definition) is 4. The molecule has 1 aliphatic rings. The molecule has 0 atom stereocenters. The Hall–Kier alpha value is -6.43. The number of aromatic nitrogens is 4. The van der Waals surface area contributed by atoms with Crippen LogP contribution in [-0.4, -0.2) is 19.5 Å². The number of nitrogens with zero attached hydrogens (tertiary/aromatic N) is 4. The summed E-state index contributed by atoms with van der Waals surface area (Å²) in [5.74, 6) is 1.97. The zero-order chi connectivity index (χ0) is 35.3. The van der Waals surface area contributed by atoms with Crippen LogP contribution in [0, 0.1) is 0 Å². The van der Waals surface area contributed by atoms with Crippen molar-refractivity contribution in [3.8, 4) is 51.0 Å². The monoisotopic (exact) mass is 696 g/mol. The second-order valence-electron chi connectivity index (χ2n) is 14.4. The summed E-state index contributed by atoms with van der Waals surface area (Å²) in [6.07, 6.45) is 0. The third-order valence-corrected chi connectivity index (χ3v) is 12.2. The lowest BCUT2D eigenvalue weighted by atomic mass is 9.82. The van der Waals surface area contributed by atoms with Gasteiger partial charge in [0.15, 0.2) is 17.5 Å². The summed E-state index contributed by atoms with van der Waals surface area (Å²) in [5, 5.41) is 4.86. The van der Waals surface area contributed by atoms with Crippen molar-refractivity contribution in [2.75, 3.05) is 0 Å². The van der Waals surface area contributed by atoms with Crippen LogP contribution in [0.5, 0.6) is 0 Å². The van der Waals surface area contributed by atoms with Crippen molar-refractivity contribution in [1.82, 2.24) is 19.5 Å². The van der Waals surface area contributed by atoms with Gasteiger partial charge in [-0.1, -0.05) is 147 Å². The first-order valence-corrected chi connectivity index (χ1v) is 18.9. The molecule has 5 heteroatoms. The molecule has 0 aliphatic heterocycles. The molecule has 0 saturated heterocycles. The van der Waals surface area contributed by atoms with Gasteiger partial charge in [0, 0.05) is 64.3 Å². The summed E-state index contributed by atoms with van der Waals surface area (Å²) in [6.45, 7) is 4.71. The first-order valence-electron chi connectivity index (χ1n) is 18.0. The lowest BCUT2D eigenvalue weighted by Gasteiger charge is -2.21. The normalized spacial score (nSPS) is 13.2.